The number of rotatable bonds is 4. The minimum Gasteiger partial charge on any atom is -0.322 e. The molecule has 3 aromatic rings. The first-order valence-electron chi connectivity index (χ1n) is 7.39. The average Bonchev–Trinajstić information content (AvgIpc) is 3.10. The summed E-state index contributed by atoms with van der Waals surface area (Å²) in [5, 5.41) is 14.0. The summed E-state index contributed by atoms with van der Waals surface area (Å²) in [6, 6.07) is 15.0. The zero-order chi connectivity index (χ0) is 16.2. The minimum atomic E-state index is -0.159. The van der Waals surface area contributed by atoms with E-state index in [1.807, 2.05) is 30.3 Å². The van der Waals surface area contributed by atoms with E-state index in [2.05, 4.69) is 34.7 Å². The van der Waals surface area contributed by atoms with Gasteiger partial charge in [0.25, 0.3) is 5.91 Å². The van der Waals surface area contributed by atoms with Gasteiger partial charge in [0, 0.05) is 11.3 Å². The van der Waals surface area contributed by atoms with Crippen molar-refractivity contribution in [2.45, 2.75) is 19.8 Å². The van der Waals surface area contributed by atoms with E-state index in [9.17, 15) is 4.79 Å². The second kappa shape index (κ2) is 6.39. The highest BCUT2D eigenvalue weighted by molar-refractivity contribution is 6.05. The molecule has 6 heteroatoms. The highest BCUT2D eigenvalue weighted by Gasteiger charge is 2.11. The van der Waals surface area contributed by atoms with Crippen molar-refractivity contribution in [3.05, 3.63) is 66.0 Å². The van der Waals surface area contributed by atoms with Crippen LogP contribution in [-0.4, -0.2) is 26.1 Å². The molecule has 1 aromatic heterocycles. The van der Waals surface area contributed by atoms with Crippen molar-refractivity contribution in [1.29, 1.82) is 0 Å². The van der Waals surface area contributed by atoms with Crippen LogP contribution in [0.3, 0.4) is 0 Å². The van der Waals surface area contributed by atoms with Crippen LogP contribution in [-0.2, 0) is 0 Å². The van der Waals surface area contributed by atoms with Crippen LogP contribution in [0.5, 0.6) is 0 Å². The van der Waals surface area contributed by atoms with E-state index in [0.717, 1.165) is 16.9 Å². The number of amides is 1. The van der Waals surface area contributed by atoms with Crippen LogP contribution in [0.15, 0.2) is 54.9 Å². The molecule has 0 aliphatic heterocycles. The third-order valence-corrected chi connectivity index (χ3v) is 3.55. The molecule has 0 aliphatic carbocycles. The molecule has 0 unspecified atom stereocenters. The van der Waals surface area contributed by atoms with E-state index in [4.69, 9.17) is 0 Å². The number of nitrogens with zero attached hydrogens (tertiary/aromatic N) is 4. The highest BCUT2D eigenvalue weighted by Crippen LogP contribution is 2.24. The number of carbonyl (C=O) groups is 1. The number of benzene rings is 2. The second-order valence-corrected chi connectivity index (χ2v) is 5.50. The highest BCUT2D eigenvalue weighted by atomic mass is 16.1. The molecule has 0 aliphatic rings. The summed E-state index contributed by atoms with van der Waals surface area (Å²) in [5.74, 6) is 0.173. The number of anilines is 1. The summed E-state index contributed by atoms with van der Waals surface area (Å²) < 4.78 is 1.51. The molecule has 0 fully saturated rings. The first-order chi connectivity index (χ1) is 11.1. The van der Waals surface area contributed by atoms with Gasteiger partial charge in [-0.3, -0.25) is 4.79 Å². The van der Waals surface area contributed by atoms with Crippen LogP contribution in [0.4, 0.5) is 5.69 Å². The van der Waals surface area contributed by atoms with Crippen molar-refractivity contribution >= 4 is 11.6 Å². The molecule has 0 atom stereocenters. The third-order valence-electron chi connectivity index (χ3n) is 3.55. The van der Waals surface area contributed by atoms with Crippen LogP contribution in [0, 0.1) is 0 Å². The SMILES string of the molecule is CC(C)c1ccccc1NC(=O)c1cccc(-n2cnnn2)c1. The van der Waals surface area contributed by atoms with Gasteiger partial charge in [0.2, 0.25) is 0 Å². The van der Waals surface area contributed by atoms with Crippen molar-refractivity contribution in [3.8, 4) is 5.69 Å². The fraction of sp³-hybridized carbons (Fsp3) is 0.176. The summed E-state index contributed by atoms with van der Waals surface area (Å²) in [4.78, 5) is 12.5. The van der Waals surface area contributed by atoms with Gasteiger partial charge in [0.05, 0.1) is 5.69 Å². The van der Waals surface area contributed by atoms with Crippen molar-refractivity contribution in [2.24, 2.45) is 0 Å². The molecule has 0 saturated carbocycles. The van der Waals surface area contributed by atoms with Crippen molar-refractivity contribution in [3.63, 3.8) is 0 Å². The minimum absolute atomic E-state index is 0.159. The Hall–Kier alpha value is -3.02. The Kier molecular flexibility index (Phi) is 4.14. The molecule has 1 heterocycles. The van der Waals surface area contributed by atoms with Crippen LogP contribution in [0.2, 0.25) is 0 Å². The Bertz CT molecular complexity index is 811. The molecule has 0 spiro atoms. The number of para-hydroxylation sites is 1. The van der Waals surface area contributed by atoms with Gasteiger partial charge in [-0.2, -0.15) is 0 Å². The Labute approximate surface area is 134 Å². The van der Waals surface area contributed by atoms with E-state index < -0.39 is 0 Å². The lowest BCUT2D eigenvalue weighted by Gasteiger charge is -2.13. The zero-order valence-corrected chi connectivity index (χ0v) is 13.0. The van der Waals surface area contributed by atoms with Gasteiger partial charge in [-0.05, 0) is 46.2 Å². The first kappa shape index (κ1) is 14.9. The summed E-state index contributed by atoms with van der Waals surface area (Å²) in [5.41, 5.74) is 3.23. The Balaban J connectivity index is 1.86. The van der Waals surface area contributed by atoms with Gasteiger partial charge in [0.15, 0.2) is 0 Å². The van der Waals surface area contributed by atoms with Crippen LogP contribution in [0.1, 0.15) is 35.7 Å². The maximum atomic E-state index is 12.5. The molecule has 1 N–H and O–H groups in total. The Morgan fingerprint density at radius 3 is 2.70 bits per heavy atom. The lowest BCUT2D eigenvalue weighted by atomic mass is 10.0. The molecule has 3 rings (SSSR count). The average molecular weight is 307 g/mol. The molecular weight excluding hydrogens is 290 g/mol. The van der Waals surface area contributed by atoms with Gasteiger partial charge in [-0.1, -0.05) is 38.1 Å². The van der Waals surface area contributed by atoms with Crippen LogP contribution in [0.25, 0.3) is 5.69 Å². The molecule has 0 radical (unpaired) electrons. The topological polar surface area (TPSA) is 72.7 Å². The number of hydrogen-bond donors (Lipinski definition) is 1. The molecule has 23 heavy (non-hydrogen) atoms. The molecule has 116 valence electrons. The summed E-state index contributed by atoms with van der Waals surface area (Å²) in [6.45, 7) is 4.20. The quantitative estimate of drug-likeness (QED) is 0.804. The van der Waals surface area contributed by atoms with Crippen LogP contribution >= 0.6 is 0 Å². The zero-order valence-electron chi connectivity index (χ0n) is 13.0. The van der Waals surface area contributed by atoms with E-state index >= 15 is 0 Å². The molecular formula is C17H17N5O. The van der Waals surface area contributed by atoms with E-state index in [0.29, 0.717) is 11.5 Å². The fourth-order valence-corrected chi connectivity index (χ4v) is 2.38. The number of carbonyl (C=O) groups excluding carboxylic acids is 1. The molecule has 0 bridgehead atoms. The lowest BCUT2D eigenvalue weighted by Crippen LogP contribution is -2.14. The van der Waals surface area contributed by atoms with Crippen molar-refractivity contribution in [2.75, 3.05) is 5.32 Å². The van der Waals surface area contributed by atoms with Gasteiger partial charge < -0.3 is 5.32 Å². The monoisotopic (exact) mass is 307 g/mol. The van der Waals surface area contributed by atoms with Gasteiger partial charge in [0.1, 0.15) is 6.33 Å². The molecule has 6 nitrogen and oxygen atoms in total. The van der Waals surface area contributed by atoms with E-state index in [1.54, 1.807) is 18.2 Å². The summed E-state index contributed by atoms with van der Waals surface area (Å²) >= 11 is 0. The van der Waals surface area contributed by atoms with Crippen molar-refractivity contribution < 1.29 is 4.79 Å². The third kappa shape index (κ3) is 3.26. The number of nitrogens with one attached hydrogen (secondary N) is 1. The van der Waals surface area contributed by atoms with Crippen molar-refractivity contribution in [1.82, 2.24) is 20.2 Å². The van der Waals surface area contributed by atoms with Gasteiger partial charge >= 0.3 is 0 Å². The van der Waals surface area contributed by atoms with Gasteiger partial charge in [-0.15, -0.1) is 5.10 Å². The number of tetrazole rings is 1. The molecule has 0 saturated heterocycles. The van der Waals surface area contributed by atoms with Crippen LogP contribution < -0.4 is 5.32 Å². The maximum absolute atomic E-state index is 12.5. The maximum Gasteiger partial charge on any atom is 0.255 e. The lowest BCUT2D eigenvalue weighted by molar-refractivity contribution is 0.102. The standard InChI is InChI=1S/C17H17N5O/c1-12(2)15-8-3-4-9-16(15)19-17(23)13-6-5-7-14(10-13)22-11-18-20-21-22/h3-12H,1-2H3,(H,19,23). The van der Waals surface area contributed by atoms with E-state index in [-0.39, 0.29) is 5.91 Å². The predicted octanol–water partition coefficient (Wildman–Crippen LogP) is 3.04. The predicted molar refractivity (Wildman–Crippen MR) is 87.6 cm³/mol. The smallest absolute Gasteiger partial charge is 0.255 e. The number of aromatic nitrogens is 4. The van der Waals surface area contributed by atoms with Gasteiger partial charge in [-0.25, -0.2) is 4.68 Å². The first-order valence-corrected chi connectivity index (χ1v) is 7.39. The fourth-order valence-electron chi connectivity index (χ4n) is 2.38. The largest absolute Gasteiger partial charge is 0.322 e. The normalized spacial score (nSPS) is 10.7. The van der Waals surface area contributed by atoms with E-state index in [1.165, 1.54) is 11.0 Å². The number of hydrogen-bond acceptors (Lipinski definition) is 4. The Morgan fingerprint density at radius 2 is 1.96 bits per heavy atom. The Morgan fingerprint density at radius 1 is 1.13 bits per heavy atom. The summed E-state index contributed by atoms with van der Waals surface area (Å²) in [7, 11) is 0. The molecule has 2 aromatic carbocycles. The second-order valence-electron chi connectivity index (χ2n) is 5.50. The summed E-state index contributed by atoms with van der Waals surface area (Å²) in [6.07, 6.45) is 1.49. The molecule has 1 amide bonds.